The molecule has 0 aliphatic rings. The van der Waals surface area contributed by atoms with Crippen LogP contribution in [0.1, 0.15) is 0 Å². The van der Waals surface area contributed by atoms with Gasteiger partial charge in [-0.3, -0.25) is 0 Å². The summed E-state index contributed by atoms with van der Waals surface area (Å²) < 4.78 is 0. The molecule has 0 rings (SSSR count). The Morgan fingerprint density at radius 3 is 2.25 bits per heavy atom. The molecule has 0 amide bonds. The number of quaternary nitrogens is 1. The van der Waals surface area contributed by atoms with Crippen molar-refractivity contribution < 1.29 is 51.0 Å². The normalized spacial score (nSPS) is 12.4. The van der Waals surface area contributed by atoms with Crippen LogP contribution in [-0.4, -0.2) is 7.11 Å². The van der Waals surface area contributed by atoms with Crippen LogP contribution in [0.5, 0.6) is 0 Å². The zero-order chi connectivity index (χ0) is 5.70. The summed E-state index contributed by atoms with van der Waals surface area (Å²) >= 11 is 0. The molecule has 0 saturated heterocycles. The van der Waals surface area contributed by atoms with Crippen molar-refractivity contribution in [2.75, 3.05) is 7.11 Å². The second kappa shape index (κ2) is 8.28. The van der Waals surface area contributed by atoms with Crippen LogP contribution in [0.15, 0.2) is 0 Å². The molecule has 48 valence electrons. The maximum atomic E-state index is 6.53. The van der Waals surface area contributed by atoms with Gasteiger partial charge >= 0.3 is 0 Å². The topological polar surface area (TPSA) is 55.9 Å². The summed E-state index contributed by atoms with van der Waals surface area (Å²) in [6.45, 7) is 0. The molecule has 0 fully saturated rings. The molecule has 0 aromatic carbocycles. The summed E-state index contributed by atoms with van der Waals surface area (Å²) in [5, 5.41) is 3.85. The fourth-order valence-electron chi connectivity index (χ4n) is 0.0707. The molecule has 5 nitrogen and oxygen atoms in total. The maximum absolute atomic E-state index is 6.53. The van der Waals surface area contributed by atoms with Crippen molar-refractivity contribution in [3.05, 3.63) is 5.84 Å². The first-order valence-corrected chi connectivity index (χ1v) is 2.06. The van der Waals surface area contributed by atoms with E-state index in [1.165, 1.54) is 7.11 Å². The van der Waals surface area contributed by atoms with E-state index in [1.807, 2.05) is 9.39 Å². The van der Waals surface area contributed by atoms with E-state index in [1.54, 1.807) is 0 Å². The average Bonchev–Trinajstić information content (AvgIpc) is 1.61. The van der Waals surface area contributed by atoms with Crippen LogP contribution < -0.4 is 4.94 Å². The summed E-state index contributed by atoms with van der Waals surface area (Å²) in [6, 6.07) is 0. The van der Waals surface area contributed by atoms with Gasteiger partial charge in [0.1, 0.15) is 0 Å². The summed E-state index contributed by atoms with van der Waals surface area (Å²) in [6.07, 6.45) is 0. The zero-order valence-corrected chi connectivity index (χ0v) is 9.62. The Morgan fingerprint density at radius 2 is 2.12 bits per heavy atom. The van der Waals surface area contributed by atoms with Gasteiger partial charge in [-0.1, -0.05) is 0 Å². The first-order valence-electron chi connectivity index (χ1n) is 1.48. The van der Waals surface area contributed by atoms with Gasteiger partial charge in [0.25, 0.3) is 0 Å². The summed E-state index contributed by atoms with van der Waals surface area (Å²) in [4.78, 5) is 7.87. The van der Waals surface area contributed by atoms with Crippen molar-refractivity contribution >= 4 is 9.39 Å². The molecule has 0 heterocycles. The molecule has 0 aromatic rings. The molecule has 8 heavy (non-hydrogen) atoms. The molecule has 7 heteroatoms. The summed E-state index contributed by atoms with van der Waals surface area (Å²) in [5.74, 6) is 6.53. The molecule has 0 saturated carbocycles. The van der Waals surface area contributed by atoms with E-state index >= 15 is 0 Å². The van der Waals surface area contributed by atoms with E-state index in [-0.39, 0.29) is 36.1 Å². The SMILES string of the molecule is COOO[NH+]([NH-])P.[U]. The Balaban J connectivity index is 0. The molecule has 2 unspecified atom stereocenters. The molecule has 2 N–H and O–H groups in total. The van der Waals surface area contributed by atoms with Crippen molar-refractivity contribution in [3.8, 4) is 0 Å². The Bertz CT molecular complexity index is 46.3. The quantitative estimate of drug-likeness (QED) is 0.400. The van der Waals surface area contributed by atoms with E-state index in [0.717, 1.165) is 0 Å². The van der Waals surface area contributed by atoms with Gasteiger partial charge in [-0.2, -0.15) is 0 Å². The number of nitrogens with one attached hydrogen (secondary N) is 2. The smallest absolute Gasteiger partial charge is 0.0993 e. The van der Waals surface area contributed by atoms with Crippen LogP contribution in [0.3, 0.4) is 0 Å². The number of rotatable bonds is 3. The Hall–Kier alpha value is 1.28. The molecule has 0 aliphatic heterocycles. The van der Waals surface area contributed by atoms with Crippen molar-refractivity contribution in [1.82, 2.24) is 0 Å². The van der Waals surface area contributed by atoms with Crippen molar-refractivity contribution in [1.29, 1.82) is 0 Å². The molecule has 0 radical (unpaired) electrons. The third-order valence-electron chi connectivity index (χ3n) is 0.192. The van der Waals surface area contributed by atoms with Crippen LogP contribution in [-0.2, 0) is 14.9 Å². The van der Waals surface area contributed by atoms with Gasteiger partial charge in [0.15, 0.2) is 0 Å². The van der Waals surface area contributed by atoms with Crippen LogP contribution in [0.25, 0.3) is 5.84 Å². The van der Waals surface area contributed by atoms with Gasteiger partial charge in [0.05, 0.1) is 16.5 Å². The number of hydrogen-bond acceptors (Lipinski definition) is 3. The minimum atomic E-state index is -0.123. The zero-order valence-electron chi connectivity index (χ0n) is 4.30. The van der Waals surface area contributed by atoms with Gasteiger partial charge in [0, 0.05) is 31.1 Å². The molecule has 0 spiro atoms. The standard InChI is InChI=1S/CH7N2O3P.U/c1-4-6-5-3(2)7;/h2-3H,7H2,1H3;. The van der Waals surface area contributed by atoms with Crippen molar-refractivity contribution in [2.45, 2.75) is 0 Å². The predicted octanol–water partition coefficient (Wildman–Crippen LogP) is -0.947. The Kier molecular flexibility index (Phi) is 12.4. The van der Waals surface area contributed by atoms with Crippen LogP contribution >= 0.6 is 9.39 Å². The van der Waals surface area contributed by atoms with Gasteiger partial charge in [0.2, 0.25) is 0 Å². The second-order valence-electron chi connectivity index (χ2n) is 0.682. The molecular formula is CH7N2O3PU. The molecule has 2 atom stereocenters. The Labute approximate surface area is 73.2 Å². The van der Waals surface area contributed by atoms with Crippen LogP contribution in [0.2, 0.25) is 0 Å². The van der Waals surface area contributed by atoms with E-state index in [0.29, 0.717) is 0 Å². The summed E-state index contributed by atoms with van der Waals surface area (Å²) in [7, 11) is 3.25. The van der Waals surface area contributed by atoms with Gasteiger partial charge in [-0.15, -0.1) is 0 Å². The van der Waals surface area contributed by atoms with E-state index in [4.69, 9.17) is 5.84 Å². The third-order valence-corrected chi connectivity index (χ3v) is 0.288. The minimum Gasteiger partial charge on any atom is -0.431 e. The fourth-order valence-corrected chi connectivity index (χ4v) is 0.110. The number of hydrogen-bond donors (Lipinski definition) is 1. The predicted molar refractivity (Wildman–Crippen MR) is 24.2 cm³/mol. The van der Waals surface area contributed by atoms with Crippen molar-refractivity contribution in [2.24, 2.45) is 0 Å². The molecular weight excluding hydrogens is 357 g/mol. The van der Waals surface area contributed by atoms with Gasteiger partial charge < -0.3 is 5.84 Å². The monoisotopic (exact) mass is 364 g/mol. The first kappa shape index (κ1) is 12.0. The fraction of sp³-hybridized carbons (Fsp3) is 1.00. The molecule has 0 aromatic heterocycles. The average molecular weight is 364 g/mol. The van der Waals surface area contributed by atoms with E-state index in [2.05, 4.69) is 14.9 Å². The van der Waals surface area contributed by atoms with Gasteiger partial charge in [-0.05, 0) is 10.0 Å². The first-order chi connectivity index (χ1) is 3.27. The van der Waals surface area contributed by atoms with Crippen LogP contribution in [0, 0.1) is 31.1 Å². The second-order valence-corrected chi connectivity index (χ2v) is 1.21. The molecule has 0 aliphatic carbocycles. The van der Waals surface area contributed by atoms with E-state index < -0.39 is 0 Å². The Morgan fingerprint density at radius 1 is 1.62 bits per heavy atom. The summed E-state index contributed by atoms with van der Waals surface area (Å²) in [5.41, 5.74) is 0. The van der Waals surface area contributed by atoms with E-state index in [9.17, 15) is 0 Å². The van der Waals surface area contributed by atoms with Crippen molar-refractivity contribution in [3.63, 3.8) is 0 Å². The molecule has 0 bridgehead atoms. The third kappa shape index (κ3) is 10.3. The largest absolute Gasteiger partial charge is 0.431 e. The van der Waals surface area contributed by atoms with Gasteiger partial charge in [-0.25, -0.2) is 9.83 Å². The van der Waals surface area contributed by atoms with Crippen LogP contribution in [0.4, 0.5) is 0 Å². The minimum absolute atomic E-state index is 0. The maximum Gasteiger partial charge on any atom is 0.0993 e.